The van der Waals surface area contributed by atoms with Crippen LogP contribution in [0.1, 0.15) is 22.9 Å². The van der Waals surface area contributed by atoms with E-state index in [2.05, 4.69) is 36.8 Å². The summed E-state index contributed by atoms with van der Waals surface area (Å²) in [5, 5.41) is 11.6. The molecule has 0 spiro atoms. The Labute approximate surface area is 140 Å². The van der Waals surface area contributed by atoms with Crippen molar-refractivity contribution < 1.29 is 5.11 Å². The van der Waals surface area contributed by atoms with Gasteiger partial charge in [-0.05, 0) is 48.4 Å². The molecule has 1 N–H and O–H groups in total. The lowest BCUT2D eigenvalue weighted by atomic mass is 10.00. The summed E-state index contributed by atoms with van der Waals surface area (Å²) in [5.74, 6) is 0. The quantitative estimate of drug-likeness (QED) is 0.638. The third kappa shape index (κ3) is 3.03. The molecule has 0 aliphatic heterocycles. The smallest absolute Gasteiger partial charge is 0.105 e. The Morgan fingerprint density at radius 2 is 1.81 bits per heavy atom. The summed E-state index contributed by atoms with van der Waals surface area (Å²) in [6.45, 7) is 1.97. The molecule has 0 radical (unpaired) electrons. The largest absolute Gasteiger partial charge is 0.384 e. The van der Waals surface area contributed by atoms with E-state index in [1.807, 2.05) is 55.5 Å². The minimum Gasteiger partial charge on any atom is -0.384 e. The van der Waals surface area contributed by atoms with Crippen LogP contribution in [-0.2, 0) is 0 Å². The molecule has 0 aliphatic carbocycles. The second kappa shape index (κ2) is 5.87. The first-order valence-corrected chi connectivity index (χ1v) is 8.13. The van der Waals surface area contributed by atoms with Crippen molar-refractivity contribution in [3.8, 4) is 0 Å². The predicted octanol–water partition coefficient (Wildman–Crippen LogP) is 5.15. The van der Waals surface area contributed by atoms with E-state index in [4.69, 9.17) is 0 Å². The van der Waals surface area contributed by atoms with Crippen LogP contribution in [0, 0.1) is 6.92 Å². The molecule has 0 saturated heterocycles. The zero-order valence-corrected chi connectivity index (χ0v) is 14.5. The Balaban J connectivity index is 2.04. The van der Waals surface area contributed by atoms with Crippen LogP contribution in [0.3, 0.4) is 0 Å². The van der Waals surface area contributed by atoms with Gasteiger partial charge in [-0.25, -0.2) is 0 Å². The van der Waals surface area contributed by atoms with Crippen molar-refractivity contribution in [1.29, 1.82) is 0 Å². The van der Waals surface area contributed by atoms with Crippen LogP contribution >= 0.6 is 31.9 Å². The van der Waals surface area contributed by atoms with Crippen molar-refractivity contribution >= 4 is 42.8 Å². The molecule has 1 atom stereocenters. The van der Waals surface area contributed by atoms with Gasteiger partial charge in [-0.1, -0.05) is 50.1 Å². The van der Waals surface area contributed by atoms with Crippen LogP contribution < -0.4 is 0 Å². The molecule has 4 heteroatoms. The highest BCUT2D eigenvalue weighted by Crippen LogP contribution is 2.31. The maximum Gasteiger partial charge on any atom is 0.105 e. The lowest BCUT2D eigenvalue weighted by molar-refractivity contribution is 0.219. The van der Waals surface area contributed by atoms with E-state index < -0.39 is 6.10 Å². The van der Waals surface area contributed by atoms with Crippen molar-refractivity contribution in [3.63, 3.8) is 0 Å². The molecular formula is C17H13Br2NO. The number of pyridine rings is 1. The van der Waals surface area contributed by atoms with Gasteiger partial charge in [-0.15, -0.1) is 0 Å². The van der Waals surface area contributed by atoms with Crippen LogP contribution in [0.5, 0.6) is 0 Å². The summed E-state index contributed by atoms with van der Waals surface area (Å²) in [7, 11) is 0. The minimum absolute atomic E-state index is 0.668. The molecule has 0 aliphatic rings. The number of benzene rings is 2. The van der Waals surface area contributed by atoms with E-state index in [-0.39, 0.29) is 0 Å². The van der Waals surface area contributed by atoms with Gasteiger partial charge in [-0.2, -0.15) is 0 Å². The fraction of sp³-hybridized carbons (Fsp3) is 0.118. The molecule has 2 nitrogen and oxygen atoms in total. The molecule has 0 fully saturated rings. The van der Waals surface area contributed by atoms with Gasteiger partial charge in [0, 0.05) is 20.0 Å². The van der Waals surface area contributed by atoms with Crippen LogP contribution in [0.15, 0.2) is 57.5 Å². The highest BCUT2D eigenvalue weighted by molar-refractivity contribution is 9.11. The Morgan fingerprint density at radius 1 is 1.00 bits per heavy atom. The number of aromatic nitrogens is 1. The number of halogens is 2. The van der Waals surface area contributed by atoms with E-state index in [1.54, 1.807) is 0 Å². The first kappa shape index (κ1) is 14.7. The van der Waals surface area contributed by atoms with Crippen LogP contribution in [0.2, 0.25) is 0 Å². The van der Waals surface area contributed by atoms with Gasteiger partial charge in [0.1, 0.15) is 6.10 Å². The van der Waals surface area contributed by atoms with Crippen molar-refractivity contribution in [2.45, 2.75) is 13.0 Å². The SMILES string of the molecule is Cc1ccc2cc(C(O)c3ccc(Br)cc3Br)ccc2n1. The normalized spacial score (nSPS) is 12.6. The molecule has 3 aromatic rings. The van der Waals surface area contributed by atoms with E-state index in [0.29, 0.717) is 0 Å². The molecular weight excluding hydrogens is 394 g/mol. The summed E-state index contributed by atoms with van der Waals surface area (Å²) in [5.41, 5.74) is 3.64. The summed E-state index contributed by atoms with van der Waals surface area (Å²) in [6, 6.07) is 15.7. The molecule has 1 heterocycles. The number of rotatable bonds is 2. The standard InChI is InChI=1S/C17H13Br2NO/c1-10-2-3-11-8-12(4-7-16(11)20-10)17(21)14-6-5-13(18)9-15(14)19/h2-9,17,21H,1H3. The van der Waals surface area contributed by atoms with Crippen LogP contribution in [-0.4, -0.2) is 10.1 Å². The first-order valence-electron chi connectivity index (χ1n) is 6.55. The zero-order chi connectivity index (χ0) is 15.0. The molecule has 106 valence electrons. The van der Waals surface area contributed by atoms with Crippen molar-refractivity contribution in [3.05, 3.63) is 74.3 Å². The second-order valence-electron chi connectivity index (χ2n) is 4.97. The van der Waals surface area contributed by atoms with E-state index in [0.717, 1.165) is 36.7 Å². The average molecular weight is 407 g/mol. The van der Waals surface area contributed by atoms with Crippen molar-refractivity contribution in [2.24, 2.45) is 0 Å². The van der Waals surface area contributed by atoms with Gasteiger partial charge in [0.05, 0.1) is 5.52 Å². The summed E-state index contributed by atoms with van der Waals surface area (Å²) < 4.78 is 1.86. The second-order valence-corrected chi connectivity index (χ2v) is 6.74. The van der Waals surface area contributed by atoms with Gasteiger partial charge < -0.3 is 5.11 Å². The fourth-order valence-corrected chi connectivity index (χ4v) is 3.58. The summed E-state index contributed by atoms with van der Waals surface area (Å²) >= 11 is 6.92. The van der Waals surface area contributed by atoms with Crippen molar-refractivity contribution in [2.75, 3.05) is 0 Å². The van der Waals surface area contributed by atoms with E-state index >= 15 is 0 Å². The van der Waals surface area contributed by atoms with Crippen LogP contribution in [0.4, 0.5) is 0 Å². The molecule has 0 bridgehead atoms. The third-order valence-electron chi connectivity index (χ3n) is 3.43. The average Bonchev–Trinajstić information content (AvgIpc) is 2.46. The Hall–Kier alpha value is -1.23. The predicted molar refractivity (Wildman–Crippen MR) is 92.4 cm³/mol. The lowest BCUT2D eigenvalue weighted by Gasteiger charge is -2.14. The molecule has 3 rings (SSSR count). The van der Waals surface area contributed by atoms with E-state index in [1.165, 1.54) is 0 Å². The number of fused-ring (bicyclic) bond motifs is 1. The number of hydrogen-bond acceptors (Lipinski definition) is 2. The number of aryl methyl sites for hydroxylation is 1. The topological polar surface area (TPSA) is 33.1 Å². The minimum atomic E-state index is -0.668. The Kier molecular flexibility index (Phi) is 4.11. The Morgan fingerprint density at radius 3 is 2.57 bits per heavy atom. The maximum atomic E-state index is 10.6. The number of hydrogen-bond donors (Lipinski definition) is 1. The van der Waals surface area contributed by atoms with Gasteiger partial charge in [0.25, 0.3) is 0 Å². The van der Waals surface area contributed by atoms with Gasteiger partial charge >= 0.3 is 0 Å². The monoisotopic (exact) mass is 405 g/mol. The van der Waals surface area contributed by atoms with Gasteiger partial charge in [0.2, 0.25) is 0 Å². The maximum absolute atomic E-state index is 10.6. The number of aliphatic hydroxyl groups excluding tert-OH is 1. The molecule has 1 aromatic heterocycles. The van der Waals surface area contributed by atoms with Crippen molar-refractivity contribution in [1.82, 2.24) is 4.98 Å². The number of aliphatic hydroxyl groups is 1. The van der Waals surface area contributed by atoms with E-state index in [9.17, 15) is 5.11 Å². The zero-order valence-electron chi connectivity index (χ0n) is 11.3. The molecule has 2 aromatic carbocycles. The Bertz CT molecular complexity index is 817. The molecule has 0 amide bonds. The van der Waals surface area contributed by atoms with Crippen LogP contribution in [0.25, 0.3) is 10.9 Å². The lowest BCUT2D eigenvalue weighted by Crippen LogP contribution is -2.01. The highest BCUT2D eigenvalue weighted by Gasteiger charge is 2.14. The fourth-order valence-electron chi connectivity index (χ4n) is 2.32. The molecule has 1 unspecified atom stereocenters. The van der Waals surface area contributed by atoms with Gasteiger partial charge in [-0.3, -0.25) is 4.98 Å². The molecule has 0 saturated carbocycles. The molecule has 21 heavy (non-hydrogen) atoms. The third-order valence-corrected chi connectivity index (χ3v) is 4.61. The first-order chi connectivity index (χ1) is 10.0. The van der Waals surface area contributed by atoms with Gasteiger partial charge in [0.15, 0.2) is 0 Å². The summed E-state index contributed by atoms with van der Waals surface area (Å²) in [6.07, 6.45) is -0.668. The summed E-state index contributed by atoms with van der Waals surface area (Å²) in [4.78, 5) is 4.48. The number of nitrogens with zero attached hydrogens (tertiary/aromatic N) is 1. The highest BCUT2D eigenvalue weighted by atomic mass is 79.9.